The van der Waals surface area contributed by atoms with E-state index in [1.54, 1.807) is 19.1 Å². The fourth-order valence-electron chi connectivity index (χ4n) is 4.33. The van der Waals surface area contributed by atoms with E-state index in [-0.39, 0.29) is 37.2 Å². The van der Waals surface area contributed by atoms with E-state index in [1.165, 1.54) is 50.8 Å². The van der Waals surface area contributed by atoms with Crippen LogP contribution in [0.1, 0.15) is 90.4 Å². The molecule has 0 saturated heterocycles. The number of halogens is 1. The van der Waals surface area contributed by atoms with Crippen LogP contribution in [0.3, 0.4) is 0 Å². The lowest BCUT2D eigenvalue weighted by Gasteiger charge is -2.19. The monoisotopic (exact) mass is 566 g/mol. The summed E-state index contributed by atoms with van der Waals surface area (Å²) in [6.45, 7) is 2.66. The molecule has 1 atom stereocenters. The highest BCUT2D eigenvalue weighted by Crippen LogP contribution is 2.16. The number of carbonyl (C=O) groups excluding carboxylic acids is 4. The van der Waals surface area contributed by atoms with Crippen molar-refractivity contribution in [1.82, 2.24) is 9.80 Å². The first-order valence-corrected chi connectivity index (χ1v) is 14.5. The molecule has 0 aromatic rings. The van der Waals surface area contributed by atoms with E-state index in [0.717, 1.165) is 23.3 Å². The molecule has 1 rings (SSSR count). The Bertz CT molecular complexity index is 883. The molecule has 0 N–H and O–H groups in total. The zero-order chi connectivity index (χ0) is 29.0. The number of amides is 3. The van der Waals surface area contributed by atoms with Crippen molar-refractivity contribution < 1.29 is 28.7 Å². The Balaban J connectivity index is 2.27. The van der Waals surface area contributed by atoms with Crippen molar-refractivity contribution in [3.8, 4) is 0 Å². The summed E-state index contributed by atoms with van der Waals surface area (Å²) in [5.41, 5.74) is 2.29. The van der Waals surface area contributed by atoms with Crippen LogP contribution in [0.2, 0.25) is 0 Å². The number of hydrogen-bond donors (Lipinski definition) is 0. The number of ether oxygens (including phenoxy) is 2. The molecule has 1 unspecified atom stereocenters. The smallest absolute Gasteiger partial charge is 0.257 e. The van der Waals surface area contributed by atoms with Crippen LogP contribution < -0.4 is 0 Å². The Morgan fingerprint density at radius 3 is 2.46 bits per heavy atom. The molecule has 8 nitrogen and oxygen atoms in total. The minimum atomic E-state index is -0.527. The molecule has 0 bridgehead atoms. The van der Waals surface area contributed by atoms with Crippen LogP contribution >= 0.6 is 11.6 Å². The third-order valence-corrected chi connectivity index (χ3v) is 7.11. The van der Waals surface area contributed by atoms with Gasteiger partial charge < -0.3 is 14.4 Å². The van der Waals surface area contributed by atoms with Gasteiger partial charge in [-0.2, -0.15) is 0 Å². The van der Waals surface area contributed by atoms with Crippen LogP contribution in [0.5, 0.6) is 0 Å². The predicted octanol–water partition coefficient (Wildman–Crippen LogP) is 5.70. The molecule has 39 heavy (non-hydrogen) atoms. The van der Waals surface area contributed by atoms with E-state index in [0.29, 0.717) is 38.0 Å². The molecule has 0 radical (unpaired) electrons. The number of unbranched alkanes of at least 4 members (excludes halogenated alkanes) is 4. The predicted molar refractivity (Wildman–Crippen MR) is 154 cm³/mol. The molecule has 0 fully saturated rings. The fourth-order valence-corrected chi connectivity index (χ4v) is 4.50. The summed E-state index contributed by atoms with van der Waals surface area (Å²) in [6, 6.07) is 0. The SMILES string of the molecule is CCCCCCCC(CC=CCCC(=O)N(C)CC(=CCl)CCCC(=O)CC(=O)N1CC(OC)=CC1=O)OC. The van der Waals surface area contributed by atoms with E-state index in [9.17, 15) is 19.2 Å². The van der Waals surface area contributed by atoms with Crippen LogP contribution in [0.25, 0.3) is 0 Å². The van der Waals surface area contributed by atoms with Crippen molar-refractivity contribution >= 4 is 35.1 Å². The van der Waals surface area contributed by atoms with Gasteiger partial charge in [0.2, 0.25) is 11.8 Å². The standard InChI is InChI=1S/C30H47ClN2O6/c1-5-6-7-8-10-16-26(38-3)17-11-9-12-18-28(35)32(2)22-24(21-31)14-13-15-25(34)19-29(36)33-23-27(39-4)20-30(33)37/h9,11,20-21,26H,5-8,10,12-19,22-23H2,1-4H3. The van der Waals surface area contributed by atoms with Crippen molar-refractivity contribution in [1.29, 1.82) is 0 Å². The lowest BCUT2D eigenvalue weighted by molar-refractivity contribution is -0.142. The number of nitrogens with zero attached hydrogens (tertiary/aromatic N) is 2. The maximum Gasteiger partial charge on any atom is 0.257 e. The number of hydrogen-bond acceptors (Lipinski definition) is 6. The average Bonchev–Trinajstić information content (AvgIpc) is 3.31. The first-order valence-electron chi connectivity index (χ1n) is 14.1. The maximum atomic E-state index is 12.5. The molecule has 1 aliphatic rings. The first-order chi connectivity index (χ1) is 18.7. The highest BCUT2D eigenvalue weighted by atomic mass is 35.5. The van der Waals surface area contributed by atoms with Gasteiger partial charge in [0.1, 0.15) is 11.5 Å². The van der Waals surface area contributed by atoms with Gasteiger partial charge in [0, 0.05) is 45.2 Å². The van der Waals surface area contributed by atoms with E-state index >= 15 is 0 Å². The van der Waals surface area contributed by atoms with Gasteiger partial charge in [0.15, 0.2) is 0 Å². The Morgan fingerprint density at radius 2 is 1.82 bits per heavy atom. The van der Waals surface area contributed by atoms with Crippen LogP contribution in [0.4, 0.5) is 0 Å². The summed E-state index contributed by atoms with van der Waals surface area (Å²) in [6.07, 6.45) is 15.8. The maximum absolute atomic E-state index is 12.5. The topological polar surface area (TPSA) is 93.2 Å². The number of allylic oxidation sites excluding steroid dienone is 1. The van der Waals surface area contributed by atoms with Gasteiger partial charge in [0.25, 0.3) is 5.91 Å². The average molecular weight is 567 g/mol. The Morgan fingerprint density at radius 1 is 1.08 bits per heavy atom. The Kier molecular flexibility index (Phi) is 18.1. The van der Waals surface area contributed by atoms with Crippen LogP contribution in [-0.2, 0) is 28.7 Å². The van der Waals surface area contributed by atoms with Crippen molar-refractivity contribution in [2.75, 3.05) is 34.4 Å². The van der Waals surface area contributed by atoms with Crippen LogP contribution in [0.15, 0.2) is 35.1 Å². The molecule has 9 heteroatoms. The number of imide groups is 1. The zero-order valence-corrected chi connectivity index (χ0v) is 25.0. The normalized spacial score (nSPS) is 14.6. The second-order valence-electron chi connectivity index (χ2n) is 10.0. The van der Waals surface area contributed by atoms with Gasteiger partial charge in [0.05, 0.1) is 26.2 Å². The Hall–Kier alpha value is -2.45. The molecule has 0 spiro atoms. The Labute approximate surface area is 239 Å². The van der Waals surface area contributed by atoms with Gasteiger partial charge in [-0.1, -0.05) is 62.8 Å². The van der Waals surface area contributed by atoms with Crippen molar-refractivity contribution in [2.24, 2.45) is 0 Å². The number of rotatable bonds is 21. The second-order valence-corrected chi connectivity index (χ2v) is 10.2. The van der Waals surface area contributed by atoms with E-state index in [4.69, 9.17) is 21.1 Å². The third kappa shape index (κ3) is 14.5. The molecular weight excluding hydrogens is 520 g/mol. The summed E-state index contributed by atoms with van der Waals surface area (Å²) in [5.74, 6) is -0.809. The van der Waals surface area contributed by atoms with Crippen LogP contribution in [0, 0.1) is 0 Å². The summed E-state index contributed by atoms with van der Waals surface area (Å²) in [7, 11) is 4.93. The van der Waals surface area contributed by atoms with E-state index < -0.39 is 11.8 Å². The molecule has 0 aromatic heterocycles. The lowest BCUT2D eigenvalue weighted by Crippen LogP contribution is -2.34. The van der Waals surface area contributed by atoms with E-state index in [2.05, 4.69) is 13.0 Å². The molecule has 0 saturated carbocycles. The fraction of sp³-hybridized carbons (Fsp3) is 0.667. The zero-order valence-electron chi connectivity index (χ0n) is 24.2. The van der Waals surface area contributed by atoms with Gasteiger partial charge in [-0.25, -0.2) is 0 Å². The molecule has 220 valence electrons. The summed E-state index contributed by atoms with van der Waals surface area (Å²) in [4.78, 5) is 51.5. The number of carbonyl (C=O) groups is 4. The molecule has 0 aromatic carbocycles. The summed E-state index contributed by atoms with van der Waals surface area (Å²) < 4.78 is 10.6. The second kappa shape index (κ2) is 20.5. The van der Waals surface area contributed by atoms with Crippen molar-refractivity contribution in [3.63, 3.8) is 0 Å². The minimum Gasteiger partial charge on any atom is -0.499 e. The van der Waals surface area contributed by atoms with E-state index in [1.807, 2.05) is 6.08 Å². The molecule has 0 aliphatic carbocycles. The van der Waals surface area contributed by atoms with Crippen molar-refractivity contribution in [3.05, 3.63) is 35.1 Å². The highest BCUT2D eigenvalue weighted by Gasteiger charge is 2.28. The van der Waals surface area contributed by atoms with Gasteiger partial charge in [-0.05, 0) is 37.7 Å². The quantitative estimate of drug-likeness (QED) is 0.100. The third-order valence-electron chi connectivity index (χ3n) is 6.80. The largest absolute Gasteiger partial charge is 0.499 e. The highest BCUT2D eigenvalue weighted by molar-refractivity contribution is 6.25. The summed E-state index contributed by atoms with van der Waals surface area (Å²) in [5, 5.41) is 0. The van der Waals surface area contributed by atoms with Crippen molar-refractivity contribution in [2.45, 2.75) is 96.5 Å². The van der Waals surface area contributed by atoms with Gasteiger partial charge >= 0.3 is 0 Å². The lowest BCUT2D eigenvalue weighted by atomic mass is 10.1. The summed E-state index contributed by atoms with van der Waals surface area (Å²) >= 11 is 5.97. The minimum absolute atomic E-state index is 0.0240. The number of methoxy groups -OCH3 is 2. The number of ketones is 1. The number of likely N-dealkylation sites (N-methyl/N-ethyl adjacent to an activating group) is 1. The first kappa shape index (κ1) is 34.6. The molecule has 1 heterocycles. The van der Waals surface area contributed by atoms with Gasteiger partial charge in [-0.3, -0.25) is 24.1 Å². The number of Topliss-reactive ketones (excluding diaryl/α,β-unsaturated/α-hetero) is 1. The molecule has 1 aliphatic heterocycles. The molecular formula is C30H47ClN2O6. The molecule has 3 amide bonds. The van der Waals surface area contributed by atoms with Gasteiger partial charge in [-0.15, -0.1) is 0 Å². The van der Waals surface area contributed by atoms with Crippen LogP contribution in [-0.4, -0.2) is 73.8 Å².